The van der Waals surface area contributed by atoms with E-state index in [0.29, 0.717) is 37.8 Å². The average Bonchev–Trinajstić information content (AvgIpc) is 2.84. The molecule has 3 aromatic rings. The highest BCUT2D eigenvalue weighted by molar-refractivity contribution is 5.70. The molecule has 0 aliphatic rings. The minimum atomic E-state index is -1.22. The third-order valence-corrected chi connectivity index (χ3v) is 5.05. The Balaban J connectivity index is 0.000000877. The summed E-state index contributed by atoms with van der Waals surface area (Å²) in [5.41, 5.74) is 6.35. The minimum Gasteiger partial charge on any atom is -0.547 e. The van der Waals surface area contributed by atoms with Crippen LogP contribution in [-0.2, 0) is 28.9 Å². The molecule has 3 N–H and O–H groups in total. The number of aliphatic carboxylic acids is 1. The minimum absolute atomic E-state index is 0.236. The van der Waals surface area contributed by atoms with E-state index < -0.39 is 12.1 Å². The molecule has 0 saturated carbocycles. The van der Waals surface area contributed by atoms with Gasteiger partial charge in [0.15, 0.2) is 0 Å². The standard InChI is InChI=1S/C25H28N2O5.C4H11N/c1-3-23-26-24(28)17-21(19-8-6-5-7-9-19)27(23)14-15-32-20-12-10-18(11-13-20)16-22(25(29)30)31-4-2;1-4(2,3)5/h5-13,17,22H,3-4,14-16H2,1-2H3,(H,29,30);5H2,1-3H3. The maximum atomic E-state index is 12.1. The third-order valence-electron chi connectivity index (χ3n) is 5.05. The summed E-state index contributed by atoms with van der Waals surface area (Å²) in [4.78, 5) is 27.4. The van der Waals surface area contributed by atoms with Crippen LogP contribution in [0.5, 0.6) is 5.75 Å². The topological polar surface area (TPSA) is 121 Å². The molecule has 1 atom stereocenters. The summed E-state index contributed by atoms with van der Waals surface area (Å²) in [5, 5.41) is 11.2. The van der Waals surface area contributed by atoms with Crippen molar-refractivity contribution in [3.63, 3.8) is 0 Å². The molecule has 0 radical (unpaired) electrons. The zero-order valence-electron chi connectivity index (χ0n) is 22.5. The maximum absolute atomic E-state index is 12.1. The number of carboxylic acids is 1. The van der Waals surface area contributed by atoms with Crippen LogP contribution in [0.4, 0.5) is 0 Å². The van der Waals surface area contributed by atoms with E-state index in [9.17, 15) is 14.7 Å². The highest BCUT2D eigenvalue weighted by Crippen LogP contribution is 2.19. The SMILES string of the molecule is CC(C)(C)[NH3+].CCOC(Cc1ccc(OCCn2c(-c3ccccc3)cc(=O)nc2CC)cc1)C(=O)[O-]. The molecule has 8 heteroatoms. The number of carboxylic acid groups (broad SMARTS) is 1. The molecule has 0 fully saturated rings. The Morgan fingerprint density at radius 2 is 1.70 bits per heavy atom. The number of hydrogen-bond acceptors (Lipinski definition) is 6. The molecule has 0 aliphatic heterocycles. The van der Waals surface area contributed by atoms with Gasteiger partial charge < -0.3 is 29.7 Å². The molecule has 8 nitrogen and oxygen atoms in total. The molecule has 37 heavy (non-hydrogen) atoms. The van der Waals surface area contributed by atoms with Crippen LogP contribution in [0.15, 0.2) is 65.5 Å². The molecule has 0 bridgehead atoms. The first kappa shape index (κ1) is 29.7. The summed E-state index contributed by atoms with van der Waals surface area (Å²) in [5.74, 6) is 0.158. The molecule has 200 valence electrons. The third kappa shape index (κ3) is 10.6. The molecule has 0 spiro atoms. The first-order valence-corrected chi connectivity index (χ1v) is 12.6. The molecule has 0 aliphatic carbocycles. The second kappa shape index (κ2) is 14.3. The molecule has 1 unspecified atom stereocenters. The number of carbonyl (C=O) groups excluding carboxylic acids is 1. The summed E-state index contributed by atoms with van der Waals surface area (Å²) in [6.45, 7) is 11.2. The predicted octanol–water partition coefficient (Wildman–Crippen LogP) is 2.28. The summed E-state index contributed by atoms with van der Waals surface area (Å²) in [6.07, 6.45) is -0.104. The van der Waals surface area contributed by atoms with Gasteiger partial charge in [0.1, 0.15) is 24.3 Å². The highest BCUT2D eigenvalue weighted by atomic mass is 16.5. The molecule has 0 saturated heterocycles. The van der Waals surface area contributed by atoms with Crippen LogP contribution in [-0.4, -0.2) is 40.4 Å². The van der Waals surface area contributed by atoms with E-state index in [2.05, 4.69) is 31.5 Å². The molecular formula is C29H39N3O5. The lowest BCUT2D eigenvalue weighted by atomic mass is 10.1. The second-order valence-electron chi connectivity index (χ2n) is 9.79. The van der Waals surface area contributed by atoms with Crippen molar-refractivity contribution >= 4 is 5.97 Å². The van der Waals surface area contributed by atoms with E-state index in [4.69, 9.17) is 9.47 Å². The number of rotatable bonds is 11. The average molecular weight is 510 g/mol. The number of ether oxygens (including phenoxy) is 2. The van der Waals surface area contributed by atoms with Crippen molar-refractivity contribution in [1.82, 2.24) is 9.55 Å². The summed E-state index contributed by atoms with van der Waals surface area (Å²) in [7, 11) is 0. The van der Waals surface area contributed by atoms with E-state index in [1.165, 1.54) is 0 Å². The molecule has 3 rings (SSSR count). The Bertz CT molecular complexity index is 1160. The van der Waals surface area contributed by atoms with Gasteiger partial charge in [0.25, 0.3) is 5.56 Å². The van der Waals surface area contributed by atoms with Gasteiger partial charge in [-0.25, -0.2) is 0 Å². The normalized spacial score (nSPS) is 11.8. The van der Waals surface area contributed by atoms with E-state index >= 15 is 0 Å². The maximum Gasteiger partial charge on any atom is 0.273 e. The number of aryl methyl sites for hydroxylation is 1. The van der Waals surface area contributed by atoms with Gasteiger partial charge in [0, 0.05) is 25.5 Å². The number of aromatic nitrogens is 2. The van der Waals surface area contributed by atoms with Gasteiger partial charge in [-0.05, 0) is 51.0 Å². The zero-order valence-corrected chi connectivity index (χ0v) is 22.5. The number of quaternary nitrogens is 1. The van der Waals surface area contributed by atoms with Gasteiger partial charge in [-0.15, -0.1) is 0 Å². The van der Waals surface area contributed by atoms with Gasteiger partial charge in [-0.3, -0.25) is 4.79 Å². The fraction of sp³-hybridized carbons (Fsp3) is 0.414. The highest BCUT2D eigenvalue weighted by Gasteiger charge is 2.12. The van der Waals surface area contributed by atoms with E-state index in [0.717, 1.165) is 16.8 Å². The van der Waals surface area contributed by atoms with Gasteiger partial charge in [-0.1, -0.05) is 49.4 Å². The fourth-order valence-corrected chi connectivity index (χ4v) is 3.52. The van der Waals surface area contributed by atoms with Crippen LogP contribution in [0.2, 0.25) is 0 Å². The Labute approximate surface area is 219 Å². The van der Waals surface area contributed by atoms with Crippen molar-refractivity contribution in [3.8, 4) is 17.0 Å². The van der Waals surface area contributed by atoms with Gasteiger partial charge >= 0.3 is 0 Å². The molecule has 1 aromatic heterocycles. The van der Waals surface area contributed by atoms with Gasteiger partial charge in [0.2, 0.25) is 0 Å². The Morgan fingerprint density at radius 3 is 2.24 bits per heavy atom. The van der Waals surface area contributed by atoms with Crippen molar-refractivity contribution in [3.05, 3.63) is 82.4 Å². The fourth-order valence-electron chi connectivity index (χ4n) is 3.52. The largest absolute Gasteiger partial charge is 0.547 e. The molecule has 1 heterocycles. The lowest BCUT2D eigenvalue weighted by Crippen LogP contribution is -2.67. The van der Waals surface area contributed by atoms with E-state index in [1.807, 2.05) is 54.0 Å². The van der Waals surface area contributed by atoms with Crippen LogP contribution >= 0.6 is 0 Å². The first-order chi connectivity index (χ1) is 17.5. The van der Waals surface area contributed by atoms with Crippen molar-refractivity contribution in [2.24, 2.45) is 0 Å². The zero-order chi connectivity index (χ0) is 27.4. The smallest absolute Gasteiger partial charge is 0.273 e. The molecule has 0 amide bonds. The van der Waals surface area contributed by atoms with Crippen molar-refractivity contribution in [1.29, 1.82) is 0 Å². The number of benzene rings is 2. The monoisotopic (exact) mass is 509 g/mol. The van der Waals surface area contributed by atoms with Crippen molar-refractivity contribution in [2.45, 2.75) is 65.6 Å². The number of carbonyl (C=O) groups is 1. The number of hydrogen-bond donors (Lipinski definition) is 1. The lowest BCUT2D eigenvalue weighted by molar-refractivity contribution is -0.458. The van der Waals surface area contributed by atoms with Crippen LogP contribution < -0.4 is 21.1 Å². The van der Waals surface area contributed by atoms with Crippen molar-refractivity contribution < 1.29 is 25.1 Å². The lowest BCUT2D eigenvalue weighted by Gasteiger charge is -2.19. The Morgan fingerprint density at radius 1 is 1.08 bits per heavy atom. The summed E-state index contributed by atoms with van der Waals surface area (Å²) >= 11 is 0. The molecular weight excluding hydrogens is 470 g/mol. The first-order valence-electron chi connectivity index (χ1n) is 12.6. The Hall–Kier alpha value is -3.49. The second-order valence-corrected chi connectivity index (χ2v) is 9.79. The van der Waals surface area contributed by atoms with Crippen LogP contribution in [0.1, 0.15) is 46.0 Å². The van der Waals surface area contributed by atoms with Crippen molar-refractivity contribution in [2.75, 3.05) is 13.2 Å². The van der Waals surface area contributed by atoms with Gasteiger partial charge in [-0.2, -0.15) is 4.98 Å². The van der Waals surface area contributed by atoms with Crippen LogP contribution in [0.3, 0.4) is 0 Å². The van der Waals surface area contributed by atoms with Gasteiger partial charge in [0.05, 0.1) is 23.7 Å². The summed E-state index contributed by atoms with van der Waals surface area (Å²) < 4.78 is 13.1. The van der Waals surface area contributed by atoms with E-state index in [-0.39, 0.29) is 17.5 Å². The summed E-state index contributed by atoms with van der Waals surface area (Å²) in [6, 6.07) is 18.5. The van der Waals surface area contributed by atoms with Crippen LogP contribution in [0, 0.1) is 0 Å². The van der Waals surface area contributed by atoms with E-state index in [1.54, 1.807) is 25.1 Å². The number of nitrogens with zero attached hydrogens (tertiary/aromatic N) is 2. The Kier molecular flexibility index (Phi) is 11.5. The predicted molar refractivity (Wildman–Crippen MR) is 142 cm³/mol. The molecule has 2 aromatic carbocycles. The quantitative estimate of drug-likeness (QED) is 0.423. The van der Waals surface area contributed by atoms with Crippen LogP contribution in [0.25, 0.3) is 11.3 Å².